The molecule has 1 atom stereocenters. The molecule has 1 aromatic carbocycles. The second-order valence-electron chi connectivity index (χ2n) is 8.77. The molecule has 2 aromatic rings. The molecule has 0 unspecified atom stereocenters. The van der Waals surface area contributed by atoms with Crippen molar-refractivity contribution in [3.05, 3.63) is 30.0 Å². The lowest BCUT2D eigenvalue weighted by Gasteiger charge is -2.34. The zero-order chi connectivity index (χ0) is 21.9. The van der Waals surface area contributed by atoms with Crippen LogP contribution in [0.1, 0.15) is 53.0 Å². The van der Waals surface area contributed by atoms with Gasteiger partial charge < -0.3 is 19.1 Å². The van der Waals surface area contributed by atoms with Gasteiger partial charge in [-0.2, -0.15) is 5.26 Å². The maximum atomic E-state index is 12.4. The zero-order valence-electron chi connectivity index (χ0n) is 18.3. The van der Waals surface area contributed by atoms with E-state index in [1.54, 1.807) is 17.2 Å². The number of carbonyl (C=O) groups is 1. The zero-order valence-corrected chi connectivity index (χ0v) is 18.3. The summed E-state index contributed by atoms with van der Waals surface area (Å²) in [6, 6.07) is 7.63. The maximum absolute atomic E-state index is 12.4. The van der Waals surface area contributed by atoms with Crippen LogP contribution in [0.15, 0.2) is 24.4 Å². The molecule has 1 amide bonds. The number of carbonyl (C=O) groups excluding carboxylic acids is 1. The van der Waals surface area contributed by atoms with Gasteiger partial charge in [0.15, 0.2) is 0 Å². The highest BCUT2D eigenvalue weighted by molar-refractivity contribution is 5.89. The fourth-order valence-corrected chi connectivity index (χ4v) is 3.39. The molecule has 1 saturated heterocycles. The molecule has 1 aliphatic heterocycles. The number of nitriles is 1. The van der Waals surface area contributed by atoms with Crippen LogP contribution in [0.2, 0.25) is 0 Å². The monoisotopic (exact) mass is 411 g/mol. The Morgan fingerprint density at radius 3 is 2.77 bits per heavy atom. The van der Waals surface area contributed by atoms with E-state index >= 15 is 0 Å². The van der Waals surface area contributed by atoms with Crippen LogP contribution in [0, 0.1) is 11.3 Å². The molecule has 0 radical (unpaired) electrons. The smallest absolute Gasteiger partial charge is 0.410 e. The highest BCUT2D eigenvalue weighted by atomic mass is 16.6. The topological polar surface area (TPSA) is 84.7 Å². The Kier molecular flexibility index (Phi) is 6.35. The first-order valence-corrected chi connectivity index (χ1v) is 10.3. The minimum absolute atomic E-state index is 0.0590. The Hall–Kier alpha value is -3.01. The number of aromatic nitrogens is 1. The van der Waals surface area contributed by atoms with Gasteiger partial charge in [-0.15, -0.1) is 0 Å². The molecule has 0 bridgehead atoms. The normalized spacial score (nSPS) is 17.0. The van der Waals surface area contributed by atoms with Crippen LogP contribution in [-0.4, -0.2) is 46.9 Å². The van der Waals surface area contributed by atoms with Crippen LogP contribution in [0.25, 0.3) is 10.8 Å². The van der Waals surface area contributed by atoms with Crippen molar-refractivity contribution in [1.29, 1.82) is 5.26 Å². The minimum atomic E-state index is -0.534. The summed E-state index contributed by atoms with van der Waals surface area (Å²) in [5, 5.41) is 11.1. The average Bonchev–Trinajstić information content (AvgIpc) is 2.66. The molecule has 7 heteroatoms. The number of pyridine rings is 1. The van der Waals surface area contributed by atoms with E-state index in [1.807, 2.05) is 46.8 Å². The molecule has 1 aliphatic rings. The summed E-state index contributed by atoms with van der Waals surface area (Å²) in [5.41, 5.74) is -0.0602. The van der Waals surface area contributed by atoms with Gasteiger partial charge >= 0.3 is 6.09 Å². The van der Waals surface area contributed by atoms with Crippen LogP contribution in [-0.2, 0) is 4.74 Å². The van der Waals surface area contributed by atoms with Crippen LogP contribution >= 0.6 is 0 Å². The fourth-order valence-electron chi connectivity index (χ4n) is 3.39. The van der Waals surface area contributed by atoms with Crippen molar-refractivity contribution < 1.29 is 19.0 Å². The molecule has 7 nitrogen and oxygen atoms in total. The van der Waals surface area contributed by atoms with Gasteiger partial charge in [-0.25, -0.2) is 9.78 Å². The van der Waals surface area contributed by atoms with Crippen LogP contribution < -0.4 is 9.47 Å². The van der Waals surface area contributed by atoms with Crippen LogP contribution in [0.3, 0.4) is 0 Å². The third-order valence-electron chi connectivity index (χ3n) is 4.62. The molecule has 30 heavy (non-hydrogen) atoms. The number of ether oxygens (including phenoxy) is 3. The van der Waals surface area contributed by atoms with E-state index in [-0.39, 0.29) is 18.3 Å². The molecule has 0 spiro atoms. The number of nitrogens with zero attached hydrogens (tertiary/aromatic N) is 3. The Morgan fingerprint density at radius 2 is 2.10 bits per heavy atom. The highest BCUT2D eigenvalue weighted by Gasteiger charge is 2.29. The second kappa shape index (κ2) is 8.78. The molecular formula is C23H29N3O4. The van der Waals surface area contributed by atoms with Crippen LogP contribution in [0.5, 0.6) is 11.6 Å². The maximum Gasteiger partial charge on any atom is 0.410 e. The van der Waals surface area contributed by atoms with Gasteiger partial charge in [-0.1, -0.05) is 0 Å². The van der Waals surface area contributed by atoms with Gasteiger partial charge in [-0.05, 0) is 71.0 Å². The van der Waals surface area contributed by atoms with Crippen LogP contribution in [0.4, 0.5) is 4.79 Å². The number of fused-ring (bicyclic) bond motifs is 1. The Labute approximate surface area is 177 Å². The first-order valence-electron chi connectivity index (χ1n) is 10.3. The standard InChI is InChI=1S/C23H29N3O4/c1-15(2)28-20-12-19-16(11-17(20)13-24)8-9-25-21(19)29-18-7-6-10-26(14-18)22(27)30-23(3,4)5/h8-9,11-12,15,18H,6-7,10,14H2,1-5H3/t18-/m1/s1. The third-order valence-corrected chi connectivity index (χ3v) is 4.62. The summed E-state index contributed by atoms with van der Waals surface area (Å²) in [7, 11) is 0. The number of benzene rings is 1. The van der Waals surface area contributed by atoms with Gasteiger partial charge in [0, 0.05) is 18.1 Å². The largest absolute Gasteiger partial charge is 0.490 e. The van der Waals surface area contributed by atoms with E-state index in [0.29, 0.717) is 30.3 Å². The summed E-state index contributed by atoms with van der Waals surface area (Å²) in [6.07, 6.45) is 2.74. The quantitative estimate of drug-likeness (QED) is 0.727. The summed E-state index contributed by atoms with van der Waals surface area (Å²) < 4.78 is 17.5. The van der Waals surface area contributed by atoms with Crippen molar-refractivity contribution in [2.24, 2.45) is 0 Å². The molecule has 0 N–H and O–H groups in total. The van der Waals surface area contributed by atoms with Gasteiger partial charge in [0.1, 0.15) is 23.5 Å². The van der Waals surface area contributed by atoms with Crippen molar-refractivity contribution in [2.45, 2.75) is 65.3 Å². The first kappa shape index (κ1) is 21.7. The highest BCUT2D eigenvalue weighted by Crippen LogP contribution is 2.32. The molecular weight excluding hydrogens is 382 g/mol. The SMILES string of the molecule is CC(C)Oc1cc2c(O[C@@H]3CCCN(C(=O)OC(C)(C)C)C3)nccc2cc1C#N. The summed E-state index contributed by atoms with van der Waals surface area (Å²) in [5.74, 6) is 0.985. The van der Waals surface area contributed by atoms with E-state index in [0.717, 1.165) is 23.6 Å². The summed E-state index contributed by atoms with van der Waals surface area (Å²) in [6.45, 7) is 10.5. The number of amides is 1. The van der Waals surface area contributed by atoms with E-state index in [1.165, 1.54) is 0 Å². The molecule has 0 saturated carbocycles. The third kappa shape index (κ3) is 5.32. The predicted octanol–water partition coefficient (Wildman–Crippen LogP) is 4.67. The predicted molar refractivity (Wildman–Crippen MR) is 114 cm³/mol. The average molecular weight is 412 g/mol. The Bertz CT molecular complexity index is 959. The van der Waals surface area contributed by atoms with Crippen molar-refractivity contribution >= 4 is 16.9 Å². The molecule has 1 aromatic heterocycles. The van der Waals surface area contributed by atoms with E-state index in [2.05, 4.69) is 11.1 Å². The number of likely N-dealkylation sites (tertiary alicyclic amines) is 1. The number of rotatable bonds is 4. The lowest BCUT2D eigenvalue weighted by atomic mass is 10.1. The van der Waals surface area contributed by atoms with Crippen molar-refractivity contribution in [2.75, 3.05) is 13.1 Å². The molecule has 160 valence electrons. The van der Waals surface area contributed by atoms with Crippen molar-refractivity contribution in [1.82, 2.24) is 9.88 Å². The van der Waals surface area contributed by atoms with Crippen molar-refractivity contribution in [3.63, 3.8) is 0 Å². The van der Waals surface area contributed by atoms with Gasteiger partial charge in [0.05, 0.1) is 18.2 Å². The molecule has 0 aliphatic carbocycles. The first-order chi connectivity index (χ1) is 14.2. The number of hydrogen-bond donors (Lipinski definition) is 0. The molecule has 3 rings (SSSR count). The Morgan fingerprint density at radius 1 is 1.33 bits per heavy atom. The fraction of sp³-hybridized carbons (Fsp3) is 0.522. The minimum Gasteiger partial charge on any atom is -0.490 e. The van der Waals surface area contributed by atoms with E-state index in [9.17, 15) is 10.1 Å². The lowest BCUT2D eigenvalue weighted by molar-refractivity contribution is 0.00743. The summed E-state index contributed by atoms with van der Waals surface area (Å²) in [4.78, 5) is 18.5. The summed E-state index contributed by atoms with van der Waals surface area (Å²) >= 11 is 0. The Balaban J connectivity index is 1.83. The second-order valence-corrected chi connectivity index (χ2v) is 8.77. The lowest BCUT2D eigenvalue weighted by Crippen LogP contribution is -2.46. The van der Waals surface area contributed by atoms with E-state index < -0.39 is 5.60 Å². The van der Waals surface area contributed by atoms with Crippen molar-refractivity contribution in [3.8, 4) is 17.7 Å². The molecule has 2 heterocycles. The van der Waals surface area contributed by atoms with Gasteiger partial charge in [0.25, 0.3) is 0 Å². The van der Waals surface area contributed by atoms with Gasteiger partial charge in [0.2, 0.25) is 5.88 Å². The number of hydrogen-bond acceptors (Lipinski definition) is 6. The van der Waals surface area contributed by atoms with Gasteiger partial charge in [-0.3, -0.25) is 0 Å². The molecule has 1 fully saturated rings. The number of piperidine rings is 1. The van der Waals surface area contributed by atoms with E-state index in [4.69, 9.17) is 14.2 Å².